The van der Waals surface area contributed by atoms with Crippen LogP contribution in [-0.4, -0.2) is 70.1 Å². The summed E-state index contributed by atoms with van der Waals surface area (Å²) in [6.07, 6.45) is -14.7. The normalized spacial score (nSPS) is 18.4. The molecule has 0 saturated heterocycles. The number of hydrogen-bond acceptors (Lipinski definition) is 4. The lowest BCUT2D eigenvalue weighted by molar-refractivity contribution is -0.379. The molecule has 0 spiro atoms. The van der Waals surface area contributed by atoms with Crippen LogP contribution in [0.4, 0.5) is 87.8 Å². The summed E-state index contributed by atoms with van der Waals surface area (Å²) in [6.45, 7) is 0. The summed E-state index contributed by atoms with van der Waals surface area (Å²) in [4.78, 5) is 25.5. The van der Waals surface area contributed by atoms with Crippen molar-refractivity contribution in [2.75, 3.05) is 0 Å². The molecule has 2 atom stereocenters. The van der Waals surface area contributed by atoms with Crippen LogP contribution in [0.2, 0.25) is 0 Å². The summed E-state index contributed by atoms with van der Waals surface area (Å²) < 4.78 is 258. The molecule has 0 fully saturated rings. The van der Waals surface area contributed by atoms with Gasteiger partial charge in [0, 0.05) is 0 Å². The minimum absolute atomic E-state index is 1.99. The Balaban J connectivity index is 6.17. The van der Waals surface area contributed by atoms with Crippen LogP contribution in [0.5, 0.6) is 0 Å². The molecule has 0 saturated carbocycles. The Kier molecular flexibility index (Phi) is 8.89. The van der Waals surface area contributed by atoms with Crippen molar-refractivity contribution in [3.8, 4) is 0 Å². The summed E-state index contributed by atoms with van der Waals surface area (Å²) in [5.74, 6) is -56.6. The van der Waals surface area contributed by atoms with Crippen molar-refractivity contribution < 1.29 is 107 Å². The van der Waals surface area contributed by atoms with Crippen LogP contribution in [0.3, 0.4) is 0 Å². The van der Waals surface area contributed by atoms with Gasteiger partial charge in [0.15, 0.2) is 0 Å². The van der Waals surface area contributed by atoms with Crippen LogP contribution >= 0.6 is 23.2 Å². The molecule has 0 rings (SSSR count). The van der Waals surface area contributed by atoms with E-state index in [1.165, 1.54) is 0 Å². The number of carbonyl (C=O) groups excluding carboxylic acids is 2. The fraction of sp³-hybridized carbons (Fsp3) is 0.833. The molecule has 4 nitrogen and oxygen atoms in total. The van der Waals surface area contributed by atoms with Gasteiger partial charge in [0.2, 0.25) is 0 Å². The molecular weight excluding hydrogens is 659 g/mol. The van der Waals surface area contributed by atoms with E-state index in [-0.39, 0.29) is 0 Å². The molecule has 0 bridgehead atoms. The van der Waals surface area contributed by atoms with Crippen LogP contribution in [0.1, 0.15) is 0 Å². The predicted octanol–water partition coefficient (Wildman–Crippen LogP) is 6.73. The highest BCUT2D eigenvalue weighted by Gasteiger charge is 2.89. The van der Waals surface area contributed by atoms with E-state index in [1.54, 1.807) is 0 Å². The Bertz CT molecular complexity index is 846. The summed E-state index contributed by atoms with van der Waals surface area (Å²) in [7, 11) is 0. The second-order valence-corrected chi connectivity index (χ2v) is 7.37. The average Bonchev–Trinajstić information content (AvgIpc) is 2.68. The maximum absolute atomic E-state index is 13.3. The van der Waals surface area contributed by atoms with E-state index in [2.05, 4.69) is 23.2 Å². The van der Waals surface area contributed by atoms with Crippen molar-refractivity contribution in [1.82, 2.24) is 0 Å². The van der Waals surface area contributed by atoms with Crippen LogP contribution in [0.15, 0.2) is 0 Å². The number of alkyl halides is 22. The molecule has 0 amide bonds. The lowest BCUT2D eigenvalue weighted by atomic mass is 9.99. The minimum Gasteiger partial charge on any atom is -0.240 e. The monoisotopic (exact) mass is 658 g/mol. The van der Waals surface area contributed by atoms with Crippen molar-refractivity contribution in [3.05, 3.63) is 0 Å². The summed E-state index contributed by atoms with van der Waals surface area (Å²) in [5.41, 5.74) is 0. The fourth-order valence-electron chi connectivity index (χ4n) is 1.58. The third-order valence-electron chi connectivity index (χ3n) is 3.78. The Morgan fingerprint density at radius 1 is 0.395 bits per heavy atom. The molecule has 0 aromatic heterocycles. The average molecular weight is 659 g/mol. The maximum atomic E-state index is 13.3. The van der Waals surface area contributed by atoms with Crippen molar-refractivity contribution >= 4 is 35.1 Å². The summed E-state index contributed by atoms with van der Waals surface area (Å²) in [5, 5.41) is -14.3. The van der Waals surface area contributed by atoms with E-state index in [1.807, 2.05) is 9.78 Å². The van der Waals surface area contributed by atoms with Crippen LogP contribution in [-0.2, 0) is 19.4 Å². The molecule has 26 heteroatoms. The van der Waals surface area contributed by atoms with Gasteiger partial charge in [-0.3, -0.25) is 0 Å². The smallest absolute Gasteiger partial charge is 0.240 e. The maximum Gasteiger partial charge on any atom is 0.443 e. The first-order chi connectivity index (χ1) is 16.0. The van der Waals surface area contributed by atoms with E-state index >= 15 is 0 Å². The Hall–Kier alpha value is -1.88. The topological polar surface area (TPSA) is 52.6 Å². The van der Waals surface area contributed by atoms with Gasteiger partial charge < -0.3 is 0 Å². The van der Waals surface area contributed by atoms with Gasteiger partial charge in [0.05, 0.1) is 0 Å². The Labute approximate surface area is 201 Å². The standard InChI is InChI=1S/C12Cl2F20O4/c13-5(19,11(29,30)31)9(25,26)7(21,22)3(15,16)1(35)37-38-2(36)4(17,18)8(23,24)10(27,28)6(14,20)12(32,33)34. The largest absolute Gasteiger partial charge is 0.443 e. The van der Waals surface area contributed by atoms with Gasteiger partial charge in [-0.25, -0.2) is 28.1 Å². The van der Waals surface area contributed by atoms with Gasteiger partial charge in [0.25, 0.3) is 0 Å². The van der Waals surface area contributed by atoms with Crippen LogP contribution in [0.25, 0.3) is 0 Å². The molecular formula is C12Cl2F20O4. The lowest BCUT2D eigenvalue weighted by Crippen LogP contribution is -2.68. The van der Waals surface area contributed by atoms with Gasteiger partial charge in [-0.15, -0.1) is 0 Å². The zero-order valence-electron chi connectivity index (χ0n) is 15.9. The minimum atomic E-state index is -8.03. The lowest BCUT2D eigenvalue weighted by Gasteiger charge is -2.37. The highest BCUT2D eigenvalue weighted by molar-refractivity contribution is 6.24. The number of carbonyl (C=O) groups is 2. The van der Waals surface area contributed by atoms with Gasteiger partial charge in [-0.05, 0) is 0 Å². The third-order valence-corrected chi connectivity index (χ3v) is 4.69. The third kappa shape index (κ3) is 4.93. The quantitative estimate of drug-likeness (QED) is 0.126. The van der Waals surface area contributed by atoms with E-state index in [0.29, 0.717) is 0 Å². The van der Waals surface area contributed by atoms with Crippen molar-refractivity contribution in [1.29, 1.82) is 0 Å². The predicted molar refractivity (Wildman–Crippen MR) is 73.4 cm³/mol. The molecule has 0 aromatic rings. The van der Waals surface area contributed by atoms with Crippen molar-refractivity contribution in [2.45, 2.75) is 58.1 Å². The zero-order valence-corrected chi connectivity index (χ0v) is 17.5. The summed E-state index contributed by atoms with van der Waals surface area (Å²) >= 11 is 6.96. The van der Waals surface area contributed by atoms with Crippen molar-refractivity contribution in [3.63, 3.8) is 0 Å². The van der Waals surface area contributed by atoms with Gasteiger partial charge >= 0.3 is 70.1 Å². The Morgan fingerprint density at radius 3 is 0.737 bits per heavy atom. The SMILES string of the molecule is O=C(OOC(=O)C(F)(F)C(F)(F)C(F)(F)C(F)(Cl)C(F)(F)F)C(F)(F)C(F)(F)C(F)(F)C(F)(Cl)C(F)(F)F. The van der Waals surface area contributed by atoms with Crippen LogP contribution in [0, 0.1) is 0 Å². The molecule has 0 aliphatic carbocycles. The Morgan fingerprint density at radius 2 is 0.579 bits per heavy atom. The molecule has 0 aliphatic rings. The first kappa shape index (κ1) is 36.1. The van der Waals surface area contributed by atoms with Crippen molar-refractivity contribution in [2.24, 2.45) is 0 Å². The van der Waals surface area contributed by atoms with Crippen LogP contribution < -0.4 is 0 Å². The molecule has 2 unspecified atom stereocenters. The van der Waals surface area contributed by atoms with Gasteiger partial charge in [0.1, 0.15) is 0 Å². The highest BCUT2D eigenvalue weighted by atomic mass is 35.5. The van der Waals surface area contributed by atoms with Gasteiger partial charge in [-0.1, -0.05) is 23.2 Å². The number of hydrogen-bond donors (Lipinski definition) is 0. The second kappa shape index (κ2) is 9.35. The number of halogens is 22. The van der Waals surface area contributed by atoms with E-state index < -0.39 is 70.1 Å². The second-order valence-electron chi connectivity index (χ2n) is 6.33. The first-order valence-electron chi connectivity index (χ1n) is 7.64. The van der Waals surface area contributed by atoms with E-state index in [0.717, 1.165) is 0 Å². The zero-order chi connectivity index (χ0) is 31.6. The molecule has 38 heavy (non-hydrogen) atoms. The molecule has 0 aliphatic heterocycles. The van der Waals surface area contributed by atoms with E-state index in [4.69, 9.17) is 0 Å². The number of rotatable bonds is 8. The van der Waals surface area contributed by atoms with E-state index in [9.17, 15) is 97.4 Å². The highest BCUT2D eigenvalue weighted by Crippen LogP contribution is 2.60. The molecule has 0 aromatic carbocycles. The fourth-order valence-corrected chi connectivity index (χ4v) is 1.82. The molecule has 0 heterocycles. The molecule has 226 valence electrons. The van der Waals surface area contributed by atoms with Gasteiger partial charge in [-0.2, -0.15) is 79.0 Å². The first-order valence-corrected chi connectivity index (χ1v) is 8.40. The summed E-state index contributed by atoms with van der Waals surface area (Å²) in [6, 6.07) is 0. The molecule has 0 radical (unpaired) electrons. The molecule has 0 N–H and O–H groups in total.